The van der Waals surface area contributed by atoms with Gasteiger partial charge in [0.15, 0.2) is 6.20 Å². The van der Waals surface area contributed by atoms with Crippen molar-refractivity contribution in [2.24, 2.45) is 7.05 Å². The Morgan fingerprint density at radius 1 is 0.967 bits per heavy atom. The van der Waals surface area contributed by atoms with Crippen LogP contribution in [-0.4, -0.2) is 8.07 Å². The van der Waals surface area contributed by atoms with E-state index < -0.39 is 8.07 Å². The molecule has 0 saturated carbocycles. The first-order valence-electron chi connectivity index (χ1n) is 11.7. The maximum Gasteiger partial charge on any atom is 0.220 e. The van der Waals surface area contributed by atoms with Crippen molar-refractivity contribution >= 4 is 18.8 Å². The van der Waals surface area contributed by atoms with E-state index in [0.717, 1.165) is 5.92 Å². The van der Waals surface area contributed by atoms with E-state index in [1.54, 1.807) is 5.56 Å². The third-order valence-corrected chi connectivity index (χ3v) is 10.9. The highest BCUT2D eigenvalue weighted by Crippen LogP contribution is 2.40. The second-order valence-electron chi connectivity index (χ2n) is 10.7. The lowest BCUT2D eigenvalue weighted by molar-refractivity contribution is -0.659. The van der Waals surface area contributed by atoms with Gasteiger partial charge in [-0.1, -0.05) is 57.2 Å². The summed E-state index contributed by atoms with van der Waals surface area (Å²) in [5.74, 6) is 1.29. The van der Waals surface area contributed by atoms with Crippen LogP contribution >= 0.6 is 0 Å². The number of aromatic nitrogens is 1. The maximum atomic E-state index is 2.56. The Balaban J connectivity index is 1.82. The molecule has 1 aliphatic heterocycles. The highest BCUT2D eigenvalue weighted by Gasteiger charge is 2.29. The smallest absolute Gasteiger partial charge is 0.200 e. The SMILES string of the molecule is Cc1cc(C(C)C)cc(-c2c3ccc(C4CC[Si](C)(C)CC4)cc3cc[n+]2C)c1C. The van der Waals surface area contributed by atoms with E-state index in [0.29, 0.717) is 5.92 Å². The van der Waals surface area contributed by atoms with Gasteiger partial charge < -0.3 is 0 Å². The van der Waals surface area contributed by atoms with Gasteiger partial charge in [-0.25, -0.2) is 4.57 Å². The van der Waals surface area contributed by atoms with Crippen molar-refractivity contribution < 1.29 is 4.57 Å². The summed E-state index contributed by atoms with van der Waals surface area (Å²) in [5, 5.41) is 2.76. The van der Waals surface area contributed by atoms with Crippen LogP contribution in [0.3, 0.4) is 0 Å². The second-order valence-corrected chi connectivity index (χ2v) is 16.1. The van der Waals surface area contributed by atoms with Crippen LogP contribution in [0, 0.1) is 13.8 Å². The van der Waals surface area contributed by atoms with Crippen molar-refractivity contribution in [1.82, 2.24) is 0 Å². The fourth-order valence-electron chi connectivity index (χ4n) is 5.18. The van der Waals surface area contributed by atoms with Gasteiger partial charge in [0.1, 0.15) is 7.05 Å². The molecule has 0 radical (unpaired) electrons. The molecule has 30 heavy (non-hydrogen) atoms. The number of benzene rings is 2. The minimum atomic E-state index is -0.909. The van der Waals surface area contributed by atoms with Crippen LogP contribution < -0.4 is 4.57 Å². The van der Waals surface area contributed by atoms with Crippen molar-refractivity contribution in [2.45, 2.75) is 77.6 Å². The number of rotatable bonds is 3. The standard InChI is InChI=1S/C28H38NSi/c1-19(2)25-16-20(3)21(4)27(18-25)28-26-9-8-23(17-24(26)10-13-29(28)5)22-11-14-30(6,7)15-12-22/h8-10,13,16-19,22H,11-12,14-15H2,1-7H3/q+1. The van der Waals surface area contributed by atoms with Crippen molar-refractivity contribution in [3.8, 4) is 11.3 Å². The van der Waals surface area contributed by atoms with E-state index in [-0.39, 0.29) is 0 Å². The minimum Gasteiger partial charge on any atom is -0.200 e. The van der Waals surface area contributed by atoms with Crippen molar-refractivity contribution in [2.75, 3.05) is 0 Å². The van der Waals surface area contributed by atoms with Gasteiger partial charge >= 0.3 is 0 Å². The summed E-state index contributed by atoms with van der Waals surface area (Å²) in [5.41, 5.74) is 8.49. The number of hydrogen-bond donors (Lipinski definition) is 0. The van der Waals surface area contributed by atoms with Gasteiger partial charge in [-0.15, -0.1) is 0 Å². The Bertz CT molecular complexity index is 1080. The predicted octanol–water partition coefficient (Wildman–Crippen LogP) is 7.66. The largest absolute Gasteiger partial charge is 0.220 e. The van der Waals surface area contributed by atoms with E-state index >= 15 is 0 Å². The molecule has 1 aromatic heterocycles. The molecule has 1 aliphatic rings. The topological polar surface area (TPSA) is 3.88 Å². The fourth-order valence-corrected chi connectivity index (χ4v) is 7.69. The Kier molecular flexibility index (Phi) is 5.65. The summed E-state index contributed by atoms with van der Waals surface area (Å²) in [7, 11) is 1.28. The normalized spacial score (nSPS) is 17.1. The molecule has 4 rings (SSSR count). The van der Waals surface area contributed by atoms with Gasteiger partial charge in [-0.2, -0.15) is 0 Å². The van der Waals surface area contributed by atoms with Gasteiger partial charge in [0.05, 0.1) is 10.9 Å². The van der Waals surface area contributed by atoms with Crippen LogP contribution in [0.5, 0.6) is 0 Å². The molecule has 1 fully saturated rings. The van der Waals surface area contributed by atoms with Crippen LogP contribution in [0.25, 0.3) is 22.0 Å². The van der Waals surface area contributed by atoms with Crippen LogP contribution in [0.4, 0.5) is 0 Å². The summed E-state index contributed by atoms with van der Waals surface area (Å²) in [6.07, 6.45) is 5.01. The number of fused-ring (bicyclic) bond motifs is 1. The quantitative estimate of drug-likeness (QED) is 0.305. The molecule has 0 N–H and O–H groups in total. The van der Waals surface area contributed by atoms with Crippen LogP contribution in [0.1, 0.15) is 60.8 Å². The summed E-state index contributed by atoms with van der Waals surface area (Å²) in [6.45, 7) is 14.2. The molecule has 0 spiro atoms. The van der Waals surface area contributed by atoms with Gasteiger partial charge in [0, 0.05) is 14.1 Å². The molecule has 1 saturated heterocycles. The van der Waals surface area contributed by atoms with Crippen LogP contribution in [0.2, 0.25) is 25.2 Å². The van der Waals surface area contributed by atoms with Gasteiger partial charge in [0.25, 0.3) is 0 Å². The summed E-state index contributed by atoms with van der Waals surface area (Å²) in [4.78, 5) is 0. The first kappa shape index (κ1) is 21.3. The zero-order valence-corrected chi connectivity index (χ0v) is 21.0. The fraction of sp³-hybridized carbons (Fsp3) is 0.464. The van der Waals surface area contributed by atoms with E-state index in [1.807, 2.05) is 0 Å². The Morgan fingerprint density at radius 3 is 2.33 bits per heavy atom. The number of aryl methyl sites for hydroxylation is 2. The molecular formula is C28H38NSi+. The number of nitrogens with zero attached hydrogens (tertiary/aromatic N) is 1. The molecule has 158 valence electrons. The predicted molar refractivity (Wildman–Crippen MR) is 133 cm³/mol. The number of hydrogen-bond acceptors (Lipinski definition) is 0. The molecule has 0 aliphatic carbocycles. The van der Waals surface area contributed by atoms with Crippen LogP contribution in [0.15, 0.2) is 42.6 Å². The second kappa shape index (κ2) is 7.96. The molecule has 3 aromatic rings. The van der Waals surface area contributed by atoms with Gasteiger partial charge in [-0.05, 0) is 78.3 Å². The lowest BCUT2D eigenvalue weighted by Gasteiger charge is -2.33. The molecular weight excluding hydrogens is 378 g/mol. The molecule has 2 heterocycles. The van der Waals surface area contributed by atoms with Gasteiger partial charge in [0.2, 0.25) is 5.69 Å². The van der Waals surface area contributed by atoms with E-state index in [2.05, 4.69) is 95.0 Å². The lowest BCUT2D eigenvalue weighted by atomic mass is 9.89. The molecule has 0 amide bonds. The summed E-state index contributed by atoms with van der Waals surface area (Å²) >= 11 is 0. The van der Waals surface area contributed by atoms with Gasteiger partial charge in [-0.3, -0.25) is 0 Å². The molecule has 0 atom stereocenters. The third kappa shape index (κ3) is 3.99. The molecule has 2 heteroatoms. The average Bonchev–Trinajstić information content (AvgIpc) is 2.70. The monoisotopic (exact) mass is 416 g/mol. The van der Waals surface area contributed by atoms with Crippen molar-refractivity contribution in [1.29, 1.82) is 0 Å². The van der Waals surface area contributed by atoms with Crippen molar-refractivity contribution in [3.05, 3.63) is 64.8 Å². The maximum absolute atomic E-state index is 2.56. The molecule has 1 nitrogen and oxygen atoms in total. The van der Waals surface area contributed by atoms with E-state index in [4.69, 9.17) is 0 Å². The first-order chi connectivity index (χ1) is 14.2. The summed E-state index contributed by atoms with van der Waals surface area (Å²) < 4.78 is 2.31. The van der Waals surface area contributed by atoms with E-state index in [1.165, 1.54) is 63.7 Å². The first-order valence-corrected chi connectivity index (χ1v) is 15.1. The van der Waals surface area contributed by atoms with Crippen LogP contribution in [-0.2, 0) is 7.05 Å². The highest BCUT2D eigenvalue weighted by molar-refractivity contribution is 6.77. The zero-order valence-electron chi connectivity index (χ0n) is 20.0. The Hall–Kier alpha value is -1.93. The third-order valence-electron chi connectivity index (χ3n) is 7.58. The lowest BCUT2D eigenvalue weighted by Crippen LogP contribution is -2.31. The highest BCUT2D eigenvalue weighted by atomic mass is 28.3. The Morgan fingerprint density at radius 2 is 1.67 bits per heavy atom. The van der Waals surface area contributed by atoms with Crippen molar-refractivity contribution in [3.63, 3.8) is 0 Å². The minimum absolute atomic E-state index is 0.536. The Labute approximate surface area is 184 Å². The summed E-state index contributed by atoms with van der Waals surface area (Å²) in [6, 6.07) is 17.3. The molecule has 2 aromatic carbocycles. The zero-order chi connectivity index (χ0) is 21.6. The molecule has 0 unspecified atom stereocenters. The van der Waals surface area contributed by atoms with E-state index in [9.17, 15) is 0 Å². The average molecular weight is 417 g/mol. The number of pyridine rings is 1. The molecule has 0 bridgehead atoms.